The van der Waals surface area contributed by atoms with Crippen LogP contribution in [0.2, 0.25) is 0 Å². The number of benzene rings is 1. The first-order valence-corrected chi connectivity index (χ1v) is 5.75. The number of hydrogen-bond acceptors (Lipinski definition) is 3. The molecule has 0 spiro atoms. The first kappa shape index (κ1) is 11.4. The molecule has 1 aliphatic heterocycles. The zero-order valence-corrected chi connectivity index (χ0v) is 9.90. The summed E-state index contributed by atoms with van der Waals surface area (Å²) in [6.07, 6.45) is 2.56. The molecule has 3 heteroatoms. The van der Waals surface area contributed by atoms with Gasteiger partial charge in [0.1, 0.15) is 5.75 Å². The monoisotopic (exact) mass is 221 g/mol. The van der Waals surface area contributed by atoms with E-state index in [-0.39, 0.29) is 12.1 Å². The molecule has 2 atom stereocenters. The van der Waals surface area contributed by atoms with Crippen LogP contribution in [-0.4, -0.2) is 26.9 Å². The predicted octanol–water partition coefficient (Wildman–Crippen LogP) is 2.13. The van der Waals surface area contributed by atoms with Crippen molar-refractivity contribution in [3.8, 4) is 5.75 Å². The summed E-state index contributed by atoms with van der Waals surface area (Å²) in [5.41, 5.74) is 1.24. The second-order valence-corrected chi connectivity index (χ2v) is 4.12. The molecule has 1 heterocycles. The molecule has 1 fully saturated rings. The highest BCUT2D eigenvalue weighted by atomic mass is 16.5. The summed E-state index contributed by atoms with van der Waals surface area (Å²) in [5.74, 6) is 0.903. The fraction of sp³-hybridized carbons (Fsp3) is 0.538. The first-order valence-electron chi connectivity index (χ1n) is 5.75. The largest absolute Gasteiger partial charge is 0.497 e. The maximum absolute atomic E-state index is 5.53. The van der Waals surface area contributed by atoms with Crippen LogP contribution in [0.15, 0.2) is 24.3 Å². The van der Waals surface area contributed by atoms with Crippen LogP contribution in [0.3, 0.4) is 0 Å². The lowest BCUT2D eigenvalue weighted by Gasteiger charge is -2.32. The molecule has 0 aliphatic carbocycles. The minimum atomic E-state index is 0.265. The SMILES string of the molecule is COc1cccc(C2NCCCC2OC)c1. The smallest absolute Gasteiger partial charge is 0.119 e. The van der Waals surface area contributed by atoms with Crippen LogP contribution >= 0.6 is 0 Å². The zero-order chi connectivity index (χ0) is 11.4. The third-order valence-corrected chi connectivity index (χ3v) is 3.16. The van der Waals surface area contributed by atoms with Crippen molar-refractivity contribution in [2.75, 3.05) is 20.8 Å². The van der Waals surface area contributed by atoms with Crippen molar-refractivity contribution in [2.24, 2.45) is 0 Å². The predicted molar refractivity (Wildman–Crippen MR) is 63.8 cm³/mol. The number of piperidine rings is 1. The molecule has 1 aromatic carbocycles. The lowest BCUT2D eigenvalue weighted by molar-refractivity contribution is 0.0451. The number of hydrogen-bond donors (Lipinski definition) is 1. The van der Waals surface area contributed by atoms with Crippen molar-refractivity contribution >= 4 is 0 Å². The summed E-state index contributed by atoms with van der Waals surface area (Å²) >= 11 is 0. The lowest BCUT2D eigenvalue weighted by atomic mass is 9.94. The molecule has 0 radical (unpaired) electrons. The van der Waals surface area contributed by atoms with Gasteiger partial charge in [-0.25, -0.2) is 0 Å². The van der Waals surface area contributed by atoms with Gasteiger partial charge in [-0.2, -0.15) is 0 Å². The molecule has 16 heavy (non-hydrogen) atoms. The Balaban J connectivity index is 2.20. The molecule has 1 saturated heterocycles. The highest BCUT2D eigenvalue weighted by Crippen LogP contribution is 2.27. The van der Waals surface area contributed by atoms with Gasteiger partial charge in [0.2, 0.25) is 0 Å². The first-order chi connectivity index (χ1) is 7.85. The van der Waals surface area contributed by atoms with Gasteiger partial charge in [0.05, 0.1) is 19.3 Å². The Hall–Kier alpha value is -1.06. The van der Waals surface area contributed by atoms with E-state index in [4.69, 9.17) is 9.47 Å². The highest BCUT2D eigenvalue weighted by molar-refractivity contribution is 5.31. The van der Waals surface area contributed by atoms with Gasteiger partial charge in [-0.3, -0.25) is 0 Å². The molecule has 0 bridgehead atoms. The van der Waals surface area contributed by atoms with E-state index < -0.39 is 0 Å². The van der Waals surface area contributed by atoms with Crippen molar-refractivity contribution < 1.29 is 9.47 Å². The number of methoxy groups -OCH3 is 2. The van der Waals surface area contributed by atoms with Crippen LogP contribution in [0, 0.1) is 0 Å². The van der Waals surface area contributed by atoms with Crippen molar-refractivity contribution in [1.29, 1.82) is 0 Å². The van der Waals surface area contributed by atoms with E-state index in [0.717, 1.165) is 18.7 Å². The molecule has 1 aliphatic rings. The summed E-state index contributed by atoms with van der Waals surface area (Å²) < 4.78 is 10.8. The van der Waals surface area contributed by atoms with Crippen LogP contribution in [0.25, 0.3) is 0 Å². The van der Waals surface area contributed by atoms with Crippen LogP contribution in [0.5, 0.6) is 5.75 Å². The molecule has 1 aromatic rings. The van der Waals surface area contributed by atoms with E-state index in [0.29, 0.717) is 0 Å². The zero-order valence-electron chi connectivity index (χ0n) is 9.90. The van der Waals surface area contributed by atoms with E-state index in [2.05, 4.69) is 17.4 Å². The molecule has 0 aromatic heterocycles. The Kier molecular flexibility index (Phi) is 3.80. The van der Waals surface area contributed by atoms with Crippen molar-refractivity contribution in [3.63, 3.8) is 0 Å². The van der Waals surface area contributed by atoms with Crippen LogP contribution in [0.4, 0.5) is 0 Å². The molecule has 88 valence electrons. The van der Waals surface area contributed by atoms with E-state index >= 15 is 0 Å². The van der Waals surface area contributed by atoms with Crippen molar-refractivity contribution in [2.45, 2.75) is 25.0 Å². The van der Waals surface area contributed by atoms with E-state index in [1.54, 1.807) is 14.2 Å². The molecular weight excluding hydrogens is 202 g/mol. The maximum atomic E-state index is 5.53. The quantitative estimate of drug-likeness (QED) is 0.848. The minimum absolute atomic E-state index is 0.265. The number of nitrogens with one attached hydrogen (secondary N) is 1. The fourth-order valence-electron chi connectivity index (χ4n) is 2.28. The molecule has 2 rings (SSSR count). The average Bonchev–Trinajstić information content (AvgIpc) is 2.38. The van der Waals surface area contributed by atoms with Crippen LogP contribution < -0.4 is 10.1 Å². The second-order valence-electron chi connectivity index (χ2n) is 4.12. The molecule has 3 nitrogen and oxygen atoms in total. The van der Waals surface area contributed by atoms with Gasteiger partial charge in [0.15, 0.2) is 0 Å². The third-order valence-electron chi connectivity index (χ3n) is 3.16. The Labute approximate surface area is 96.8 Å². The summed E-state index contributed by atoms with van der Waals surface area (Å²) in [5, 5.41) is 3.51. The van der Waals surface area contributed by atoms with E-state index in [1.807, 2.05) is 12.1 Å². The minimum Gasteiger partial charge on any atom is -0.497 e. The van der Waals surface area contributed by atoms with Gasteiger partial charge in [-0.1, -0.05) is 12.1 Å². The summed E-state index contributed by atoms with van der Waals surface area (Å²) in [7, 11) is 3.48. The Bertz CT molecular complexity index is 340. The molecule has 2 unspecified atom stereocenters. The maximum Gasteiger partial charge on any atom is 0.119 e. The van der Waals surface area contributed by atoms with Gasteiger partial charge in [-0.15, -0.1) is 0 Å². The summed E-state index contributed by atoms with van der Waals surface area (Å²) in [6.45, 7) is 1.06. The van der Waals surface area contributed by atoms with Gasteiger partial charge in [0, 0.05) is 7.11 Å². The Morgan fingerprint density at radius 3 is 2.94 bits per heavy atom. The van der Waals surface area contributed by atoms with Crippen LogP contribution in [0.1, 0.15) is 24.4 Å². The standard InChI is InChI=1S/C13H19NO2/c1-15-11-6-3-5-10(9-11)13-12(16-2)7-4-8-14-13/h3,5-6,9,12-14H,4,7-8H2,1-2H3. The Morgan fingerprint density at radius 2 is 2.19 bits per heavy atom. The van der Waals surface area contributed by atoms with Crippen LogP contribution in [-0.2, 0) is 4.74 Å². The molecular formula is C13H19NO2. The fourth-order valence-corrected chi connectivity index (χ4v) is 2.28. The second kappa shape index (κ2) is 5.32. The van der Waals surface area contributed by atoms with Gasteiger partial charge in [0.25, 0.3) is 0 Å². The van der Waals surface area contributed by atoms with E-state index in [9.17, 15) is 0 Å². The van der Waals surface area contributed by atoms with Gasteiger partial charge in [-0.05, 0) is 37.1 Å². The summed E-state index contributed by atoms with van der Waals surface area (Å²) in [6, 6.07) is 8.48. The van der Waals surface area contributed by atoms with Crippen molar-refractivity contribution in [3.05, 3.63) is 29.8 Å². The third kappa shape index (κ3) is 2.36. The molecule has 0 saturated carbocycles. The van der Waals surface area contributed by atoms with E-state index in [1.165, 1.54) is 12.0 Å². The number of ether oxygens (including phenoxy) is 2. The topological polar surface area (TPSA) is 30.5 Å². The molecule has 1 N–H and O–H groups in total. The highest BCUT2D eigenvalue weighted by Gasteiger charge is 2.25. The normalized spacial score (nSPS) is 25.4. The Morgan fingerprint density at radius 1 is 1.31 bits per heavy atom. The summed E-state index contributed by atoms with van der Waals surface area (Å²) in [4.78, 5) is 0. The van der Waals surface area contributed by atoms with Gasteiger partial charge >= 0.3 is 0 Å². The van der Waals surface area contributed by atoms with Gasteiger partial charge < -0.3 is 14.8 Å². The number of rotatable bonds is 3. The lowest BCUT2D eigenvalue weighted by Crippen LogP contribution is -2.38. The van der Waals surface area contributed by atoms with Crippen molar-refractivity contribution in [1.82, 2.24) is 5.32 Å². The molecule has 0 amide bonds. The average molecular weight is 221 g/mol.